The number of pyridine rings is 1. The first kappa shape index (κ1) is 16.9. The molecule has 2 aliphatic rings. The molecular formula is C21H20N2O5. The lowest BCUT2D eigenvalue weighted by Crippen LogP contribution is -2.29. The molecule has 5 rings (SSSR count). The molecule has 7 nitrogen and oxygen atoms in total. The monoisotopic (exact) mass is 380 g/mol. The number of β-amino-alcohol motifs (C(OH)–C–C–N with tert-alkyl or cyclic N) is 1. The van der Waals surface area contributed by atoms with E-state index in [4.69, 9.17) is 18.9 Å². The van der Waals surface area contributed by atoms with E-state index in [9.17, 15) is 5.11 Å². The zero-order chi connectivity index (χ0) is 19.3. The minimum absolute atomic E-state index is 0.0520. The Labute approximate surface area is 162 Å². The summed E-state index contributed by atoms with van der Waals surface area (Å²) in [5.41, 5.74) is 4.99. The fourth-order valence-electron chi connectivity index (χ4n) is 4.00. The summed E-state index contributed by atoms with van der Waals surface area (Å²) in [5.74, 6) is 2.78. The Morgan fingerprint density at radius 3 is 2.54 bits per heavy atom. The average Bonchev–Trinajstić information content (AvgIpc) is 3.18. The molecule has 0 bridgehead atoms. The van der Waals surface area contributed by atoms with Crippen LogP contribution in [-0.2, 0) is 6.54 Å². The summed E-state index contributed by atoms with van der Waals surface area (Å²) in [6.07, 6.45) is 1.87. The predicted octanol–water partition coefficient (Wildman–Crippen LogP) is 2.96. The third kappa shape index (κ3) is 2.43. The van der Waals surface area contributed by atoms with Gasteiger partial charge in [0.05, 0.1) is 32.0 Å². The van der Waals surface area contributed by atoms with Crippen LogP contribution >= 0.6 is 0 Å². The van der Waals surface area contributed by atoms with Crippen molar-refractivity contribution >= 4 is 16.6 Å². The van der Waals surface area contributed by atoms with E-state index in [2.05, 4.69) is 9.88 Å². The number of anilines is 1. The molecule has 28 heavy (non-hydrogen) atoms. The summed E-state index contributed by atoms with van der Waals surface area (Å²) in [4.78, 5) is 6.83. The normalized spacial score (nSPS) is 14.0. The number of rotatable bonds is 4. The molecule has 7 heteroatoms. The van der Waals surface area contributed by atoms with Crippen LogP contribution in [0.1, 0.15) is 5.56 Å². The highest BCUT2D eigenvalue weighted by Crippen LogP contribution is 2.48. The Kier molecular flexibility index (Phi) is 3.91. The standard InChI is InChI=1S/C21H20N2O5/c1-25-17-5-12-10-23(3-4-24)21-14-7-19-20(28-11-27-19)8-16(14)22-9-15(21)13(12)6-18(17)26-2/h5-9,24H,3-4,10-11H2,1-2H3. The lowest BCUT2D eigenvalue weighted by Gasteiger charge is -2.33. The number of aliphatic hydroxyl groups excluding tert-OH is 1. The Hall–Kier alpha value is -3.19. The summed E-state index contributed by atoms with van der Waals surface area (Å²) in [5, 5.41) is 10.6. The number of hydrogen-bond donors (Lipinski definition) is 1. The van der Waals surface area contributed by atoms with Crippen LogP contribution in [0, 0.1) is 0 Å². The fraction of sp³-hybridized carbons (Fsp3) is 0.286. The SMILES string of the molecule is COc1cc2c(cc1OC)-c1cnc3cc4c(cc3c1N(CCO)C2)OCO4. The molecule has 0 radical (unpaired) electrons. The van der Waals surface area contributed by atoms with E-state index in [0.29, 0.717) is 36.1 Å². The molecule has 3 heterocycles. The second kappa shape index (κ2) is 6.45. The molecule has 1 N–H and O–H groups in total. The van der Waals surface area contributed by atoms with E-state index in [-0.39, 0.29) is 13.4 Å². The zero-order valence-electron chi connectivity index (χ0n) is 15.7. The van der Waals surface area contributed by atoms with Gasteiger partial charge in [-0.05, 0) is 29.3 Å². The van der Waals surface area contributed by atoms with Gasteiger partial charge in [0, 0.05) is 36.3 Å². The molecule has 0 aliphatic carbocycles. The lowest BCUT2D eigenvalue weighted by molar-refractivity contribution is 0.174. The smallest absolute Gasteiger partial charge is 0.231 e. The minimum atomic E-state index is 0.0520. The van der Waals surface area contributed by atoms with Gasteiger partial charge in [-0.1, -0.05) is 0 Å². The number of hydrogen-bond acceptors (Lipinski definition) is 7. The van der Waals surface area contributed by atoms with Crippen LogP contribution < -0.4 is 23.8 Å². The zero-order valence-corrected chi connectivity index (χ0v) is 15.7. The Morgan fingerprint density at radius 2 is 1.79 bits per heavy atom. The maximum Gasteiger partial charge on any atom is 0.231 e. The Balaban J connectivity index is 1.78. The molecule has 0 amide bonds. The van der Waals surface area contributed by atoms with Crippen molar-refractivity contribution < 1.29 is 24.1 Å². The molecule has 0 saturated carbocycles. The summed E-state index contributed by atoms with van der Waals surface area (Å²) in [7, 11) is 3.26. The Morgan fingerprint density at radius 1 is 1.04 bits per heavy atom. The second-order valence-corrected chi connectivity index (χ2v) is 6.75. The number of benzene rings is 2. The quantitative estimate of drug-likeness (QED) is 0.746. The number of methoxy groups -OCH3 is 2. The first-order chi connectivity index (χ1) is 13.7. The van der Waals surface area contributed by atoms with E-state index < -0.39 is 0 Å². The second-order valence-electron chi connectivity index (χ2n) is 6.75. The van der Waals surface area contributed by atoms with Gasteiger partial charge in [0.1, 0.15) is 0 Å². The van der Waals surface area contributed by atoms with Crippen molar-refractivity contribution in [2.75, 3.05) is 39.1 Å². The predicted molar refractivity (Wildman–Crippen MR) is 105 cm³/mol. The largest absolute Gasteiger partial charge is 0.493 e. The number of aliphatic hydroxyl groups is 1. The van der Waals surface area contributed by atoms with E-state index in [1.54, 1.807) is 14.2 Å². The highest BCUT2D eigenvalue weighted by Gasteiger charge is 2.28. The molecule has 2 aromatic carbocycles. The van der Waals surface area contributed by atoms with Gasteiger partial charge in [-0.2, -0.15) is 0 Å². The van der Waals surface area contributed by atoms with E-state index in [0.717, 1.165) is 33.3 Å². The highest BCUT2D eigenvalue weighted by atomic mass is 16.7. The van der Waals surface area contributed by atoms with Crippen LogP contribution in [0.3, 0.4) is 0 Å². The van der Waals surface area contributed by atoms with Crippen molar-refractivity contribution in [2.24, 2.45) is 0 Å². The molecule has 0 spiro atoms. The van der Waals surface area contributed by atoms with Crippen molar-refractivity contribution in [3.05, 3.63) is 36.0 Å². The van der Waals surface area contributed by atoms with Gasteiger partial charge in [-0.15, -0.1) is 0 Å². The van der Waals surface area contributed by atoms with Crippen LogP contribution in [0.4, 0.5) is 5.69 Å². The van der Waals surface area contributed by atoms with Gasteiger partial charge in [-0.3, -0.25) is 4.98 Å². The van der Waals surface area contributed by atoms with Gasteiger partial charge >= 0.3 is 0 Å². The van der Waals surface area contributed by atoms with Crippen LogP contribution in [0.2, 0.25) is 0 Å². The minimum Gasteiger partial charge on any atom is -0.493 e. The van der Waals surface area contributed by atoms with Gasteiger partial charge < -0.3 is 29.0 Å². The Bertz CT molecular complexity index is 1080. The van der Waals surface area contributed by atoms with Crippen LogP contribution in [0.15, 0.2) is 30.5 Å². The first-order valence-electron chi connectivity index (χ1n) is 9.07. The maximum absolute atomic E-state index is 9.66. The third-order valence-electron chi connectivity index (χ3n) is 5.28. The van der Waals surface area contributed by atoms with Gasteiger partial charge in [0.15, 0.2) is 23.0 Å². The van der Waals surface area contributed by atoms with Crippen molar-refractivity contribution in [3.63, 3.8) is 0 Å². The summed E-state index contributed by atoms with van der Waals surface area (Å²) >= 11 is 0. The van der Waals surface area contributed by atoms with E-state index in [1.165, 1.54) is 0 Å². The fourth-order valence-corrected chi connectivity index (χ4v) is 4.00. The molecule has 2 aliphatic heterocycles. The maximum atomic E-state index is 9.66. The summed E-state index contributed by atoms with van der Waals surface area (Å²) in [6.45, 7) is 1.43. The summed E-state index contributed by atoms with van der Waals surface area (Å²) in [6, 6.07) is 7.86. The average molecular weight is 380 g/mol. The van der Waals surface area contributed by atoms with E-state index >= 15 is 0 Å². The number of fused-ring (bicyclic) bond motifs is 6. The lowest BCUT2D eigenvalue weighted by atomic mass is 9.92. The highest BCUT2D eigenvalue weighted by molar-refractivity contribution is 6.03. The third-order valence-corrected chi connectivity index (χ3v) is 5.28. The van der Waals surface area contributed by atoms with E-state index in [1.807, 2.05) is 30.5 Å². The number of aromatic nitrogens is 1. The molecule has 3 aromatic rings. The molecule has 1 aromatic heterocycles. The molecule has 0 fully saturated rings. The topological polar surface area (TPSA) is 73.3 Å². The van der Waals surface area contributed by atoms with Crippen molar-refractivity contribution in [1.82, 2.24) is 4.98 Å². The molecule has 0 saturated heterocycles. The number of nitrogens with zero attached hydrogens (tertiary/aromatic N) is 2. The van der Waals surface area contributed by atoms with Crippen LogP contribution in [0.25, 0.3) is 22.0 Å². The van der Waals surface area contributed by atoms with Crippen molar-refractivity contribution in [2.45, 2.75) is 6.54 Å². The first-order valence-corrected chi connectivity index (χ1v) is 9.07. The molecule has 0 unspecified atom stereocenters. The number of ether oxygens (including phenoxy) is 4. The van der Waals surface area contributed by atoms with Crippen LogP contribution in [-0.4, -0.2) is 44.3 Å². The van der Waals surface area contributed by atoms with Gasteiger partial charge in [0.25, 0.3) is 0 Å². The molecular weight excluding hydrogens is 360 g/mol. The van der Waals surface area contributed by atoms with Crippen molar-refractivity contribution in [1.29, 1.82) is 0 Å². The molecule has 0 atom stereocenters. The van der Waals surface area contributed by atoms with Crippen molar-refractivity contribution in [3.8, 4) is 34.1 Å². The summed E-state index contributed by atoms with van der Waals surface area (Å²) < 4.78 is 22.0. The van der Waals surface area contributed by atoms with Crippen LogP contribution in [0.5, 0.6) is 23.0 Å². The molecule has 144 valence electrons. The van der Waals surface area contributed by atoms with Gasteiger partial charge in [0.2, 0.25) is 6.79 Å². The van der Waals surface area contributed by atoms with Gasteiger partial charge in [-0.25, -0.2) is 0 Å².